The Morgan fingerprint density at radius 2 is 1.77 bits per heavy atom. The maximum absolute atomic E-state index is 4.03. The van der Waals surface area contributed by atoms with Crippen molar-refractivity contribution in [3.8, 4) is 0 Å². The SMILES string of the molecule is C=C(C(C)=C(C)C=CC)[N+](C)=CC. The quantitative estimate of drug-likeness (QED) is 0.355. The minimum absolute atomic E-state index is 1.05. The first kappa shape index (κ1) is 11.9. The van der Waals surface area contributed by atoms with Crippen LogP contribution >= 0.6 is 0 Å². The van der Waals surface area contributed by atoms with Crippen LogP contribution in [-0.4, -0.2) is 17.8 Å². The summed E-state index contributed by atoms with van der Waals surface area (Å²) in [5.74, 6) is 0. The van der Waals surface area contributed by atoms with Gasteiger partial charge in [-0.15, -0.1) is 0 Å². The minimum Gasteiger partial charge on any atom is -0.206 e. The monoisotopic (exact) mass is 178 g/mol. The predicted molar refractivity (Wildman–Crippen MR) is 60.3 cm³/mol. The summed E-state index contributed by atoms with van der Waals surface area (Å²) < 4.78 is 2.03. The highest BCUT2D eigenvalue weighted by atomic mass is 15.0. The summed E-state index contributed by atoms with van der Waals surface area (Å²) in [5, 5.41) is 0. The Morgan fingerprint density at radius 3 is 2.15 bits per heavy atom. The second kappa shape index (κ2) is 5.52. The molecule has 0 bridgehead atoms. The standard InChI is InChI=1S/C12H20N/c1-7-9-10(3)11(4)12(5)13(6)8-2/h7-9H,5H2,1-4,6H3/q+1. The average molecular weight is 178 g/mol. The summed E-state index contributed by atoms with van der Waals surface area (Å²) in [6, 6.07) is 0. The van der Waals surface area contributed by atoms with Crippen LogP contribution in [0.25, 0.3) is 0 Å². The van der Waals surface area contributed by atoms with E-state index in [1.165, 1.54) is 11.1 Å². The fourth-order valence-corrected chi connectivity index (χ4v) is 1.02. The Balaban J connectivity index is 4.89. The number of hydrogen-bond acceptors (Lipinski definition) is 0. The van der Waals surface area contributed by atoms with Gasteiger partial charge < -0.3 is 0 Å². The summed E-state index contributed by atoms with van der Waals surface area (Å²) in [5.41, 5.74) is 3.55. The van der Waals surface area contributed by atoms with E-state index in [4.69, 9.17) is 0 Å². The number of hydrogen-bond donors (Lipinski definition) is 0. The van der Waals surface area contributed by atoms with Crippen molar-refractivity contribution in [2.24, 2.45) is 0 Å². The maximum Gasteiger partial charge on any atom is 0.200 e. The summed E-state index contributed by atoms with van der Waals surface area (Å²) in [6.45, 7) is 12.3. The molecule has 0 aliphatic carbocycles. The van der Waals surface area contributed by atoms with Gasteiger partial charge in [-0.3, -0.25) is 0 Å². The van der Waals surface area contributed by atoms with E-state index in [0.717, 1.165) is 5.70 Å². The van der Waals surface area contributed by atoms with E-state index in [9.17, 15) is 0 Å². The minimum atomic E-state index is 1.05. The van der Waals surface area contributed by atoms with Crippen LogP contribution in [-0.2, 0) is 0 Å². The van der Waals surface area contributed by atoms with Crippen molar-refractivity contribution in [3.05, 3.63) is 35.6 Å². The van der Waals surface area contributed by atoms with Gasteiger partial charge in [0.05, 0.1) is 0 Å². The zero-order valence-corrected chi connectivity index (χ0v) is 9.39. The number of likely N-dealkylation sites (N-methyl/N-ethyl adjacent to an activating group) is 1. The van der Waals surface area contributed by atoms with Gasteiger partial charge in [-0.1, -0.05) is 12.2 Å². The van der Waals surface area contributed by atoms with Gasteiger partial charge in [0, 0.05) is 12.5 Å². The molecule has 0 aliphatic heterocycles. The Morgan fingerprint density at radius 1 is 1.23 bits per heavy atom. The molecule has 0 aromatic carbocycles. The Bertz CT molecular complexity index is 277. The molecule has 1 heteroatoms. The molecule has 0 aromatic rings. The molecule has 0 atom stereocenters. The van der Waals surface area contributed by atoms with Gasteiger partial charge in [-0.25, -0.2) is 4.58 Å². The third-order valence-electron chi connectivity index (χ3n) is 2.25. The van der Waals surface area contributed by atoms with Gasteiger partial charge in [-0.05, 0) is 32.9 Å². The summed E-state index contributed by atoms with van der Waals surface area (Å²) in [4.78, 5) is 0. The highest BCUT2D eigenvalue weighted by molar-refractivity contribution is 5.48. The van der Waals surface area contributed by atoms with Crippen LogP contribution < -0.4 is 0 Å². The lowest BCUT2D eigenvalue weighted by Crippen LogP contribution is -2.06. The number of allylic oxidation sites excluding steroid dienone is 4. The van der Waals surface area contributed by atoms with Crippen LogP contribution in [0.15, 0.2) is 35.6 Å². The molecule has 13 heavy (non-hydrogen) atoms. The van der Waals surface area contributed by atoms with Crippen LogP contribution in [0.3, 0.4) is 0 Å². The van der Waals surface area contributed by atoms with Gasteiger partial charge in [0.1, 0.15) is 13.3 Å². The molecule has 0 fully saturated rings. The summed E-state index contributed by atoms with van der Waals surface area (Å²) >= 11 is 0. The normalized spacial score (nSPS) is 14.7. The van der Waals surface area contributed by atoms with Crippen LogP contribution in [0.2, 0.25) is 0 Å². The topological polar surface area (TPSA) is 3.01 Å². The van der Waals surface area contributed by atoms with Crippen molar-refractivity contribution in [3.63, 3.8) is 0 Å². The molecule has 0 aromatic heterocycles. The highest BCUT2D eigenvalue weighted by Gasteiger charge is 2.07. The lowest BCUT2D eigenvalue weighted by Gasteiger charge is -2.03. The van der Waals surface area contributed by atoms with Crippen molar-refractivity contribution in [1.82, 2.24) is 0 Å². The second-order valence-corrected chi connectivity index (χ2v) is 3.12. The van der Waals surface area contributed by atoms with Crippen LogP contribution in [0.4, 0.5) is 0 Å². The molecule has 0 amide bonds. The zero-order valence-electron chi connectivity index (χ0n) is 9.39. The molecular weight excluding hydrogens is 158 g/mol. The van der Waals surface area contributed by atoms with E-state index in [2.05, 4.69) is 26.5 Å². The first-order valence-electron chi connectivity index (χ1n) is 4.56. The largest absolute Gasteiger partial charge is 0.206 e. The first-order chi connectivity index (χ1) is 6.04. The molecule has 72 valence electrons. The van der Waals surface area contributed by atoms with Crippen molar-refractivity contribution in [2.75, 3.05) is 7.05 Å². The van der Waals surface area contributed by atoms with E-state index in [0.29, 0.717) is 0 Å². The van der Waals surface area contributed by atoms with Crippen molar-refractivity contribution >= 4 is 6.21 Å². The van der Waals surface area contributed by atoms with E-state index in [-0.39, 0.29) is 0 Å². The number of rotatable bonds is 3. The van der Waals surface area contributed by atoms with Crippen LogP contribution in [0.1, 0.15) is 27.7 Å². The molecule has 0 N–H and O–H groups in total. The van der Waals surface area contributed by atoms with Crippen LogP contribution in [0.5, 0.6) is 0 Å². The third-order valence-corrected chi connectivity index (χ3v) is 2.25. The van der Waals surface area contributed by atoms with Gasteiger partial charge in [0.15, 0.2) is 0 Å². The van der Waals surface area contributed by atoms with Crippen LogP contribution in [0, 0.1) is 0 Å². The highest BCUT2D eigenvalue weighted by Crippen LogP contribution is 2.13. The molecule has 0 saturated carbocycles. The maximum atomic E-state index is 4.03. The van der Waals surface area contributed by atoms with Gasteiger partial charge in [-0.2, -0.15) is 0 Å². The van der Waals surface area contributed by atoms with E-state index < -0.39 is 0 Å². The van der Waals surface area contributed by atoms with Gasteiger partial charge >= 0.3 is 0 Å². The average Bonchev–Trinajstić information content (AvgIpc) is 2.14. The summed E-state index contributed by atoms with van der Waals surface area (Å²) in [6.07, 6.45) is 6.15. The fraction of sp³-hybridized carbons (Fsp3) is 0.417. The van der Waals surface area contributed by atoms with Gasteiger partial charge in [0.25, 0.3) is 0 Å². The lowest BCUT2D eigenvalue weighted by atomic mass is 10.1. The Hall–Kier alpha value is -1.11. The first-order valence-corrected chi connectivity index (χ1v) is 4.56. The van der Waals surface area contributed by atoms with E-state index >= 15 is 0 Å². The molecule has 0 heterocycles. The molecule has 0 radical (unpaired) electrons. The lowest BCUT2D eigenvalue weighted by molar-refractivity contribution is -0.434. The van der Waals surface area contributed by atoms with Gasteiger partial charge in [0.2, 0.25) is 5.70 Å². The Labute approximate surface area is 81.8 Å². The zero-order chi connectivity index (χ0) is 10.4. The molecule has 0 unspecified atom stereocenters. The summed E-state index contributed by atoms with van der Waals surface area (Å²) in [7, 11) is 2.01. The molecular formula is C12H20N+. The van der Waals surface area contributed by atoms with Crippen molar-refractivity contribution in [2.45, 2.75) is 27.7 Å². The Kier molecular flexibility index (Phi) is 5.05. The molecule has 0 spiro atoms. The smallest absolute Gasteiger partial charge is 0.200 e. The number of nitrogens with zero attached hydrogens (tertiary/aromatic N) is 1. The predicted octanol–water partition coefficient (Wildman–Crippen LogP) is 3.15. The van der Waals surface area contributed by atoms with Crippen molar-refractivity contribution < 1.29 is 4.58 Å². The third kappa shape index (κ3) is 3.41. The van der Waals surface area contributed by atoms with E-state index in [1.54, 1.807) is 0 Å². The van der Waals surface area contributed by atoms with E-state index in [1.807, 2.05) is 37.8 Å². The second-order valence-electron chi connectivity index (χ2n) is 3.12. The molecule has 1 nitrogen and oxygen atoms in total. The molecule has 0 saturated heterocycles. The molecule has 0 rings (SSSR count). The molecule has 0 aliphatic rings. The van der Waals surface area contributed by atoms with Crippen molar-refractivity contribution in [1.29, 1.82) is 0 Å². The fourth-order valence-electron chi connectivity index (χ4n) is 1.02.